The van der Waals surface area contributed by atoms with E-state index in [1.807, 2.05) is 19.9 Å². The number of sulfonamides is 1. The lowest BCUT2D eigenvalue weighted by atomic mass is 10.1. The summed E-state index contributed by atoms with van der Waals surface area (Å²) in [6.45, 7) is 7.73. The van der Waals surface area contributed by atoms with Crippen LogP contribution in [0, 0.1) is 13.8 Å². The Hall–Kier alpha value is -2.58. The van der Waals surface area contributed by atoms with Gasteiger partial charge >= 0.3 is 0 Å². The number of benzene rings is 2. The van der Waals surface area contributed by atoms with E-state index in [0.717, 1.165) is 11.1 Å². The summed E-state index contributed by atoms with van der Waals surface area (Å²) < 4.78 is 38.8. The number of aryl methyl sites for hydroxylation is 2. The maximum absolute atomic E-state index is 12.6. The summed E-state index contributed by atoms with van der Waals surface area (Å²) in [5.74, 6) is 0.325. The van der Waals surface area contributed by atoms with E-state index in [4.69, 9.17) is 9.47 Å². The fourth-order valence-corrected chi connectivity index (χ4v) is 4.06. The second kappa shape index (κ2) is 8.84. The van der Waals surface area contributed by atoms with Crippen molar-refractivity contribution in [3.8, 4) is 5.75 Å². The Morgan fingerprint density at radius 1 is 1.07 bits per heavy atom. The van der Waals surface area contributed by atoms with Crippen LogP contribution in [0.2, 0.25) is 0 Å². The Balaban J connectivity index is 1.65. The molecule has 3 rings (SSSR count). The molecule has 1 atom stereocenters. The molecule has 8 heteroatoms. The first-order valence-electron chi connectivity index (χ1n) is 9.49. The highest BCUT2D eigenvalue weighted by molar-refractivity contribution is 7.92. The highest BCUT2D eigenvalue weighted by Gasteiger charge is 2.24. The molecule has 2 aromatic carbocycles. The minimum atomic E-state index is -3.72. The molecule has 0 saturated carbocycles. The molecule has 1 amide bonds. The second-order valence-electron chi connectivity index (χ2n) is 7.07. The molecule has 2 aromatic rings. The fourth-order valence-electron chi connectivity index (χ4n) is 3.01. The topological polar surface area (TPSA) is 84.9 Å². The van der Waals surface area contributed by atoms with Gasteiger partial charge in [0.15, 0.2) is 6.10 Å². The van der Waals surface area contributed by atoms with Crippen LogP contribution in [-0.4, -0.2) is 51.6 Å². The number of carbonyl (C=O) groups is 1. The third kappa shape index (κ3) is 5.27. The Bertz CT molecular complexity index is 967. The van der Waals surface area contributed by atoms with Gasteiger partial charge < -0.3 is 14.4 Å². The van der Waals surface area contributed by atoms with E-state index in [1.54, 1.807) is 36.1 Å². The van der Waals surface area contributed by atoms with Crippen LogP contribution >= 0.6 is 0 Å². The molecule has 29 heavy (non-hydrogen) atoms. The molecule has 0 radical (unpaired) electrons. The van der Waals surface area contributed by atoms with Crippen molar-refractivity contribution in [2.45, 2.75) is 31.8 Å². The summed E-state index contributed by atoms with van der Waals surface area (Å²) in [5.41, 5.74) is 2.61. The molecular weight excluding hydrogens is 392 g/mol. The van der Waals surface area contributed by atoms with E-state index in [-0.39, 0.29) is 10.8 Å². The van der Waals surface area contributed by atoms with Gasteiger partial charge in [0.25, 0.3) is 15.9 Å². The van der Waals surface area contributed by atoms with Crippen molar-refractivity contribution in [2.24, 2.45) is 0 Å². The van der Waals surface area contributed by atoms with E-state index in [0.29, 0.717) is 37.7 Å². The van der Waals surface area contributed by atoms with Gasteiger partial charge in [-0.15, -0.1) is 0 Å². The van der Waals surface area contributed by atoms with Crippen LogP contribution in [-0.2, 0) is 19.6 Å². The minimum Gasteiger partial charge on any atom is -0.481 e. The molecule has 0 aromatic heterocycles. The predicted octanol–water partition coefficient (Wildman–Crippen LogP) is 2.73. The number of nitrogens with zero attached hydrogens (tertiary/aromatic N) is 1. The van der Waals surface area contributed by atoms with Crippen LogP contribution < -0.4 is 9.46 Å². The van der Waals surface area contributed by atoms with Crippen molar-refractivity contribution in [1.82, 2.24) is 4.90 Å². The zero-order valence-electron chi connectivity index (χ0n) is 16.8. The number of carbonyl (C=O) groups excluding carboxylic acids is 1. The monoisotopic (exact) mass is 418 g/mol. The lowest BCUT2D eigenvalue weighted by molar-refractivity contribution is -0.142. The van der Waals surface area contributed by atoms with Crippen LogP contribution in [0.4, 0.5) is 5.69 Å². The molecule has 1 fully saturated rings. The van der Waals surface area contributed by atoms with E-state index >= 15 is 0 Å². The zero-order chi connectivity index (χ0) is 21.0. The largest absolute Gasteiger partial charge is 0.481 e. The SMILES string of the molecule is Cc1ccc(NS(=O)(=O)c2ccc(O[C@@H](C)C(=O)N3CCOCC3)cc2)cc1C. The average molecular weight is 419 g/mol. The lowest BCUT2D eigenvalue weighted by Gasteiger charge is -2.29. The Morgan fingerprint density at radius 3 is 2.34 bits per heavy atom. The normalized spacial score (nSPS) is 15.6. The van der Waals surface area contributed by atoms with Crippen LogP contribution in [0.25, 0.3) is 0 Å². The number of anilines is 1. The van der Waals surface area contributed by atoms with E-state index in [2.05, 4.69) is 4.72 Å². The highest BCUT2D eigenvalue weighted by Crippen LogP contribution is 2.22. The number of hydrogen-bond donors (Lipinski definition) is 1. The Morgan fingerprint density at radius 2 is 1.72 bits per heavy atom. The van der Waals surface area contributed by atoms with Gasteiger partial charge in [0.05, 0.1) is 18.1 Å². The van der Waals surface area contributed by atoms with Gasteiger partial charge in [-0.25, -0.2) is 8.42 Å². The van der Waals surface area contributed by atoms with Crippen LogP contribution in [0.1, 0.15) is 18.1 Å². The van der Waals surface area contributed by atoms with Gasteiger partial charge in [-0.1, -0.05) is 6.07 Å². The fraction of sp³-hybridized carbons (Fsp3) is 0.381. The van der Waals surface area contributed by atoms with Crippen LogP contribution in [0.15, 0.2) is 47.4 Å². The van der Waals surface area contributed by atoms with Crippen LogP contribution in [0.5, 0.6) is 5.75 Å². The van der Waals surface area contributed by atoms with Gasteiger partial charge in [0.2, 0.25) is 0 Å². The quantitative estimate of drug-likeness (QED) is 0.780. The second-order valence-corrected chi connectivity index (χ2v) is 8.76. The van der Waals surface area contributed by atoms with Gasteiger partial charge in [0, 0.05) is 18.8 Å². The number of nitrogens with one attached hydrogen (secondary N) is 1. The molecule has 156 valence electrons. The van der Waals surface area contributed by atoms with Crippen molar-refractivity contribution in [1.29, 1.82) is 0 Å². The maximum atomic E-state index is 12.6. The van der Waals surface area contributed by atoms with Crippen molar-refractivity contribution in [3.63, 3.8) is 0 Å². The van der Waals surface area contributed by atoms with E-state index in [1.165, 1.54) is 12.1 Å². The molecule has 0 bridgehead atoms. The van der Waals surface area contributed by atoms with Crippen molar-refractivity contribution in [3.05, 3.63) is 53.6 Å². The highest BCUT2D eigenvalue weighted by atomic mass is 32.2. The molecule has 1 aliphatic rings. The number of amides is 1. The average Bonchev–Trinajstić information content (AvgIpc) is 2.71. The first-order chi connectivity index (χ1) is 13.8. The molecule has 1 saturated heterocycles. The predicted molar refractivity (Wildman–Crippen MR) is 111 cm³/mol. The van der Waals surface area contributed by atoms with Crippen LogP contribution in [0.3, 0.4) is 0 Å². The number of hydrogen-bond acceptors (Lipinski definition) is 5. The Labute approximate surface area is 171 Å². The van der Waals surface area contributed by atoms with E-state index in [9.17, 15) is 13.2 Å². The smallest absolute Gasteiger partial charge is 0.263 e. The third-order valence-corrected chi connectivity index (χ3v) is 6.27. The van der Waals surface area contributed by atoms with Gasteiger partial charge in [-0.05, 0) is 68.3 Å². The molecule has 1 N–H and O–H groups in total. The molecule has 0 unspecified atom stereocenters. The summed E-state index contributed by atoms with van der Waals surface area (Å²) in [5, 5.41) is 0. The molecule has 0 aliphatic carbocycles. The standard InChI is InChI=1S/C21H26N2O5S/c1-15-4-5-18(14-16(15)2)22-29(25,26)20-8-6-19(7-9-20)28-17(3)21(24)23-10-12-27-13-11-23/h4-9,14,17,22H,10-13H2,1-3H3/t17-/m0/s1. The van der Waals surface area contributed by atoms with Gasteiger partial charge in [0.1, 0.15) is 5.75 Å². The minimum absolute atomic E-state index is 0.110. The van der Waals surface area contributed by atoms with Gasteiger partial charge in [-0.2, -0.15) is 0 Å². The molecule has 1 heterocycles. The Kier molecular flexibility index (Phi) is 6.44. The van der Waals surface area contributed by atoms with Crippen molar-refractivity contribution < 1.29 is 22.7 Å². The number of morpholine rings is 1. The van der Waals surface area contributed by atoms with Gasteiger partial charge in [-0.3, -0.25) is 9.52 Å². The summed E-state index contributed by atoms with van der Waals surface area (Å²) in [6, 6.07) is 11.4. The maximum Gasteiger partial charge on any atom is 0.263 e. The first kappa shape index (κ1) is 21.1. The third-order valence-electron chi connectivity index (χ3n) is 4.88. The lowest BCUT2D eigenvalue weighted by Crippen LogP contribution is -2.46. The summed E-state index contributed by atoms with van der Waals surface area (Å²) in [7, 11) is -3.72. The molecule has 1 aliphatic heterocycles. The first-order valence-corrected chi connectivity index (χ1v) is 11.0. The zero-order valence-corrected chi connectivity index (χ0v) is 17.7. The van der Waals surface area contributed by atoms with E-state index < -0.39 is 16.1 Å². The molecular formula is C21H26N2O5S. The number of ether oxygens (including phenoxy) is 2. The summed E-state index contributed by atoms with van der Waals surface area (Å²) in [6.07, 6.45) is -0.663. The summed E-state index contributed by atoms with van der Waals surface area (Å²) >= 11 is 0. The van der Waals surface area contributed by atoms with Crippen molar-refractivity contribution >= 4 is 21.6 Å². The summed E-state index contributed by atoms with van der Waals surface area (Å²) in [4.78, 5) is 14.3. The van der Waals surface area contributed by atoms with Crippen molar-refractivity contribution in [2.75, 3.05) is 31.0 Å². The molecule has 7 nitrogen and oxygen atoms in total. The molecule has 0 spiro atoms. The number of rotatable bonds is 6.